The van der Waals surface area contributed by atoms with Gasteiger partial charge in [0, 0.05) is 38.6 Å². The van der Waals surface area contributed by atoms with E-state index in [-0.39, 0.29) is 24.0 Å². The van der Waals surface area contributed by atoms with E-state index in [0.717, 1.165) is 11.6 Å². The highest BCUT2D eigenvalue weighted by atomic mass is 127. The van der Waals surface area contributed by atoms with Crippen LogP contribution in [0.25, 0.3) is 0 Å². The summed E-state index contributed by atoms with van der Waals surface area (Å²) in [6.45, 7) is 1.81. The fourth-order valence-electron chi connectivity index (χ4n) is 2.93. The van der Waals surface area contributed by atoms with Crippen LogP contribution in [0.1, 0.15) is 16.7 Å². The van der Waals surface area contributed by atoms with Crippen molar-refractivity contribution in [1.82, 2.24) is 20.4 Å². The molecule has 2 N–H and O–H groups in total. The lowest BCUT2D eigenvalue weighted by Crippen LogP contribution is -2.38. The Labute approximate surface area is 186 Å². The number of aromatic nitrogens is 2. The minimum absolute atomic E-state index is 0. The zero-order chi connectivity index (χ0) is 19.8. The van der Waals surface area contributed by atoms with Crippen LogP contribution in [0.15, 0.2) is 65.9 Å². The van der Waals surface area contributed by atoms with Crippen LogP contribution in [0.2, 0.25) is 0 Å². The Morgan fingerprint density at radius 3 is 2.41 bits per heavy atom. The quantitative estimate of drug-likeness (QED) is 0.289. The van der Waals surface area contributed by atoms with E-state index in [2.05, 4.69) is 32.9 Å². The Kier molecular flexibility index (Phi) is 9.04. The standard InChI is InChI=1S/C21H23F2N5.HI/c1-24-21(25-9-7-16-11-19(22)13-20(23)12-16)26-14-17-5-2-3-6-18(17)15-28-10-4-8-27-28;/h2-6,8,10-13H,7,9,14-15H2,1H3,(H2,24,25,26);1H. The van der Waals surface area contributed by atoms with Gasteiger partial charge in [-0.2, -0.15) is 5.10 Å². The van der Waals surface area contributed by atoms with Crippen LogP contribution in [0.4, 0.5) is 8.78 Å². The molecule has 0 aliphatic heterocycles. The molecule has 0 spiro atoms. The van der Waals surface area contributed by atoms with Gasteiger partial charge in [0.05, 0.1) is 6.54 Å². The number of nitrogens with zero attached hydrogens (tertiary/aromatic N) is 3. The molecule has 0 aliphatic carbocycles. The monoisotopic (exact) mass is 511 g/mol. The van der Waals surface area contributed by atoms with Gasteiger partial charge < -0.3 is 10.6 Å². The Morgan fingerprint density at radius 1 is 1.03 bits per heavy atom. The zero-order valence-electron chi connectivity index (χ0n) is 16.1. The minimum atomic E-state index is -0.564. The summed E-state index contributed by atoms with van der Waals surface area (Å²) >= 11 is 0. The maximum Gasteiger partial charge on any atom is 0.191 e. The van der Waals surface area contributed by atoms with E-state index in [1.807, 2.05) is 29.1 Å². The predicted molar refractivity (Wildman–Crippen MR) is 121 cm³/mol. The predicted octanol–water partition coefficient (Wildman–Crippen LogP) is 3.74. The summed E-state index contributed by atoms with van der Waals surface area (Å²) in [4.78, 5) is 4.20. The molecule has 0 amide bonds. The first-order valence-corrected chi connectivity index (χ1v) is 9.08. The second-order valence-electron chi connectivity index (χ2n) is 6.35. The smallest absolute Gasteiger partial charge is 0.191 e. The molecular weight excluding hydrogens is 487 g/mol. The van der Waals surface area contributed by atoms with Gasteiger partial charge in [-0.25, -0.2) is 8.78 Å². The van der Waals surface area contributed by atoms with Crippen LogP contribution in [0, 0.1) is 11.6 Å². The molecule has 0 saturated carbocycles. The molecule has 0 bridgehead atoms. The maximum atomic E-state index is 13.3. The summed E-state index contributed by atoms with van der Waals surface area (Å²) in [5, 5.41) is 10.7. The molecule has 0 atom stereocenters. The second-order valence-corrected chi connectivity index (χ2v) is 6.35. The van der Waals surface area contributed by atoms with Crippen molar-refractivity contribution < 1.29 is 8.78 Å². The van der Waals surface area contributed by atoms with Crippen molar-refractivity contribution in [3.63, 3.8) is 0 Å². The summed E-state index contributed by atoms with van der Waals surface area (Å²) in [7, 11) is 1.69. The van der Waals surface area contributed by atoms with Crippen molar-refractivity contribution in [2.24, 2.45) is 4.99 Å². The highest BCUT2D eigenvalue weighted by molar-refractivity contribution is 14.0. The SMILES string of the molecule is CN=C(NCCc1cc(F)cc(F)c1)NCc1ccccc1Cn1cccn1.I. The van der Waals surface area contributed by atoms with E-state index in [1.165, 1.54) is 17.7 Å². The highest BCUT2D eigenvalue weighted by Crippen LogP contribution is 2.10. The molecule has 8 heteroatoms. The summed E-state index contributed by atoms with van der Waals surface area (Å²) in [5.41, 5.74) is 2.92. The molecule has 1 aromatic heterocycles. The molecule has 1 heterocycles. The number of halogens is 3. The van der Waals surface area contributed by atoms with E-state index in [1.54, 1.807) is 13.2 Å². The van der Waals surface area contributed by atoms with Crippen LogP contribution < -0.4 is 10.6 Å². The van der Waals surface area contributed by atoms with Gasteiger partial charge in [0.2, 0.25) is 0 Å². The molecule has 0 saturated heterocycles. The van der Waals surface area contributed by atoms with Crippen molar-refractivity contribution >= 4 is 29.9 Å². The van der Waals surface area contributed by atoms with Gasteiger partial charge in [-0.15, -0.1) is 24.0 Å². The molecule has 2 aromatic carbocycles. The number of hydrogen-bond acceptors (Lipinski definition) is 2. The molecule has 0 unspecified atom stereocenters. The molecule has 3 rings (SSSR count). The number of rotatable bonds is 7. The van der Waals surface area contributed by atoms with Crippen LogP contribution in [0.3, 0.4) is 0 Å². The lowest BCUT2D eigenvalue weighted by atomic mass is 10.1. The number of aliphatic imine (C=N–C) groups is 1. The number of benzene rings is 2. The van der Waals surface area contributed by atoms with Gasteiger partial charge in [-0.05, 0) is 41.3 Å². The van der Waals surface area contributed by atoms with Crippen molar-refractivity contribution in [2.45, 2.75) is 19.5 Å². The molecule has 0 aliphatic rings. The van der Waals surface area contributed by atoms with E-state index >= 15 is 0 Å². The summed E-state index contributed by atoms with van der Waals surface area (Å²) in [6.07, 6.45) is 4.18. The number of guanidine groups is 1. The van der Waals surface area contributed by atoms with Crippen molar-refractivity contribution in [3.8, 4) is 0 Å². The Hall–Kier alpha value is -2.49. The average Bonchev–Trinajstić information content (AvgIpc) is 3.18. The molecule has 0 radical (unpaired) electrons. The maximum absolute atomic E-state index is 13.3. The third-order valence-corrected chi connectivity index (χ3v) is 4.31. The number of hydrogen-bond donors (Lipinski definition) is 2. The molecule has 29 heavy (non-hydrogen) atoms. The average molecular weight is 511 g/mol. The number of nitrogens with one attached hydrogen (secondary N) is 2. The lowest BCUT2D eigenvalue weighted by molar-refractivity contribution is 0.579. The van der Waals surface area contributed by atoms with Crippen LogP contribution in [-0.2, 0) is 19.5 Å². The van der Waals surface area contributed by atoms with E-state index in [9.17, 15) is 8.78 Å². The molecule has 154 valence electrons. The second kappa shape index (κ2) is 11.5. The summed E-state index contributed by atoms with van der Waals surface area (Å²) < 4.78 is 28.4. The van der Waals surface area contributed by atoms with Crippen molar-refractivity contribution in [2.75, 3.05) is 13.6 Å². The Morgan fingerprint density at radius 2 is 1.76 bits per heavy atom. The van der Waals surface area contributed by atoms with Gasteiger partial charge >= 0.3 is 0 Å². The Balaban J connectivity index is 0.00000300. The van der Waals surface area contributed by atoms with E-state index in [4.69, 9.17) is 0 Å². The molecule has 3 aromatic rings. The largest absolute Gasteiger partial charge is 0.356 e. The summed E-state index contributed by atoms with van der Waals surface area (Å²) in [6, 6.07) is 13.6. The molecule has 0 fully saturated rings. The lowest BCUT2D eigenvalue weighted by Gasteiger charge is -2.14. The Bertz CT molecular complexity index is 908. The third kappa shape index (κ3) is 7.12. The first-order chi connectivity index (χ1) is 13.6. The fourth-order valence-corrected chi connectivity index (χ4v) is 2.93. The first kappa shape index (κ1) is 22.8. The van der Waals surface area contributed by atoms with Crippen molar-refractivity contribution in [3.05, 3.63) is 89.2 Å². The topological polar surface area (TPSA) is 54.2 Å². The normalized spacial score (nSPS) is 11.1. The third-order valence-electron chi connectivity index (χ3n) is 4.31. The van der Waals surface area contributed by atoms with Crippen LogP contribution in [0.5, 0.6) is 0 Å². The van der Waals surface area contributed by atoms with E-state index < -0.39 is 11.6 Å². The van der Waals surface area contributed by atoms with Crippen molar-refractivity contribution in [1.29, 1.82) is 0 Å². The first-order valence-electron chi connectivity index (χ1n) is 9.08. The van der Waals surface area contributed by atoms with Gasteiger partial charge in [0.1, 0.15) is 11.6 Å². The highest BCUT2D eigenvalue weighted by Gasteiger charge is 2.05. The fraction of sp³-hybridized carbons (Fsp3) is 0.238. The van der Waals surface area contributed by atoms with Gasteiger partial charge in [0.25, 0.3) is 0 Å². The summed E-state index contributed by atoms with van der Waals surface area (Å²) in [5.74, 6) is -0.497. The van der Waals surface area contributed by atoms with Gasteiger partial charge in [-0.3, -0.25) is 9.67 Å². The molecular formula is C21H24F2IN5. The van der Waals surface area contributed by atoms with Gasteiger partial charge in [0.15, 0.2) is 5.96 Å². The van der Waals surface area contributed by atoms with E-state index in [0.29, 0.717) is 37.6 Å². The molecule has 5 nitrogen and oxygen atoms in total. The van der Waals surface area contributed by atoms with Gasteiger partial charge in [-0.1, -0.05) is 24.3 Å². The van der Waals surface area contributed by atoms with Crippen LogP contribution >= 0.6 is 24.0 Å². The zero-order valence-corrected chi connectivity index (χ0v) is 18.4. The minimum Gasteiger partial charge on any atom is -0.356 e. The van der Waals surface area contributed by atoms with Crippen LogP contribution in [-0.4, -0.2) is 29.3 Å².